The Hall–Kier alpha value is -2.15. The Morgan fingerprint density at radius 3 is 2.71 bits per heavy atom. The number of nitrogens with one attached hydrogen (secondary N) is 2. The van der Waals surface area contributed by atoms with Gasteiger partial charge in [-0.3, -0.25) is 14.9 Å². The Bertz CT molecular complexity index is 505. The molecule has 0 saturated heterocycles. The van der Waals surface area contributed by atoms with Crippen molar-refractivity contribution in [3.05, 3.63) is 33.9 Å². The van der Waals surface area contributed by atoms with E-state index in [4.69, 9.17) is 5.73 Å². The number of hydrogen-bond donors (Lipinski definition) is 3. The van der Waals surface area contributed by atoms with Crippen molar-refractivity contribution >= 4 is 17.3 Å². The maximum absolute atomic E-state index is 11.5. The number of nitrogens with two attached hydrogens (primary N) is 1. The van der Waals surface area contributed by atoms with Crippen molar-refractivity contribution < 1.29 is 9.72 Å². The number of unbranched alkanes of at least 4 members (excludes halogenated alkanes) is 1. The second-order valence-electron chi connectivity index (χ2n) is 4.79. The lowest BCUT2D eigenvalue weighted by molar-refractivity contribution is -0.384. The van der Waals surface area contributed by atoms with Crippen LogP contribution in [0.25, 0.3) is 0 Å². The first-order valence-corrected chi connectivity index (χ1v) is 7.00. The Morgan fingerprint density at radius 1 is 1.48 bits per heavy atom. The summed E-state index contributed by atoms with van der Waals surface area (Å²) in [6.45, 7) is 2.47. The molecular weight excluding hydrogens is 272 g/mol. The van der Waals surface area contributed by atoms with E-state index in [1.54, 1.807) is 12.1 Å². The fraction of sp³-hybridized carbons (Fsp3) is 0.500. The topological polar surface area (TPSA) is 110 Å². The maximum Gasteiger partial charge on any atom is 0.293 e. The van der Waals surface area contributed by atoms with Gasteiger partial charge in [0.2, 0.25) is 0 Å². The van der Waals surface area contributed by atoms with Gasteiger partial charge in [-0.2, -0.15) is 0 Å². The third-order valence-corrected chi connectivity index (χ3v) is 3.23. The van der Waals surface area contributed by atoms with Crippen LogP contribution in [0.2, 0.25) is 0 Å². The van der Waals surface area contributed by atoms with E-state index >= 15 is 0 Å². The van der Waals surface area contributed by atoms with Gasteiger partial charge < -0.3 is 16.4 Å². The lowest BCUT2D eigenvalue weighted by Crippen LogP contribution is -2.29. The monoisotopic (exact) mass is 294 g/mol. The number of nitro groups is 1. The number of carbonyl (C=O) groups is 1. The lowest BCUT2D eigenvalue weighted by Gasteiger charge is -2.18. The van der Waals surface area contributed by atoms with Crippen molar-refractivity contribution in [3.63, 3.8) is 0 Å². The number of nitrogens with zero attached hydrogens (tertiary/aromatic N) is 1. The molecule has 0 fully saturated rings. The number of benzene rings is 1. The zero-order valence-corrected chi connectivity index (χ0v) is 12.4. The molecule has 1 rings (SSSR count). The van der Waals surface area contributed by atoms with Gasteiger partial charge in [0.15, 0.2) is 0 Å². The van der Waals surface area contributed by atoms with Crippen LogP contribution in [0, 0.1) is 10.1 Å². The summed E-state index contributed by atoms with van der Waals surface area (Å²) in [5.74, 6) is -0.356. The highest BCUT2D eigenvalue weighted by Crippen LogP contribution is 2.26. The first-order chi connectivity index (χ1) is 10.0. The minimum Gasteiger partial charge on any atom is -0.375 e. The standard InChI is InChI=1S/C14H22N4O3/c1-3-4-5-11(9-15)17-12-7-6-10(14(19)16-2)8-13(12)18(20)21/h6-8,11,17H,3-5,9,15H2,1-2H3,(H,16,19). The van der Waals surface area contributed by atoms with Gasteiger partial charge in [-0.15, -0.1) is 0 Å². The van der Waals surface area contributed by atoms with E-state index in [2.05, 4.69) is 17.6 Å². The summed E-state index contributed by atoms with van der Waals surface area (Å²) in [6, 6.07) is 4.36. The van der Waals surface area contributed by atoms with Crippen LogP contribution in [0.5, 0.6) is 0 Å². The first kappa shape index (κ1) is 16.9. The molecule has 0 aliphatic heterocycles. The van der Waals surface area contributed by atoms with Crippen molar-refractivity contribution in [2.45, 2.75) is 32.2 Å². The molecule has 1 aromatic rings. The molecule has 0 bridgehead atoms. The van der Waals surface area contributed by atoms with E-state index in [1.807, 2.05) is 0 Å². The zero-order valence-electron chi connectivity index (χ0n) is 12.4. The molecule has 1 aromatic carbocycles. The van der Waals surface area contributed by atoms with E-state index in [9.17, 15) is 14.9 Å². The van der Waals surface area contributed by atoms with Gasteiger partial charge in [0.05, 0.1) is 4.92 Å². The molecule has 7 nitrogen and oxygen atoms in total. The highest BCUT2D eigenvalue weighted by molar-refractivity contribution is 5.95. The van der Waals surface area contributed by atoms with E-state index in [1.165, 1.54) is 13.1 Å². The number of carbonyl (C=O) groups excluding carboxylic acids is 1. The Balaban J connectivity index is 3.00. The first-order valence-electron chi connectivity index (χ1n) is 7.00. The number of anilines is 1. The Kier molecular flexibility index (Phi) is 6.61. The largest absolute Gasteiger partial charge is 0.375 e. The summed E-state index contributed by atoms with van der Waals surface area (Å²) in [5.41, 5.74) is 6.22. The van der Waals surface area contributed by atoms with E-state index in [0.29, 0.717) is 12.2 Å². The Labute approximate surface area is 124 Å². The van der Waals surface area contributed by atoms with Crippen LogP contribution in [0.1, 0.15) is 36.5 Å². The van der Waals surface area contributed by atoms with Crippen molar-refractivity contribution in [2.24, 2.45) is 5.73 Å². The lowest BCUT2D eigenvalue weighted by atomic mass is 10.1. The molecule has 0 radical (unpaired) electrons. The Morgan fingerprint density at radius 2 is 2.19 bits per heavy atom. The van der Waals surface area contributed by atoms with E-state index in [-0.39, 0.29) is 23.2 Å². The third kappa shape index (κ3) is 4.71. The SMILES string of the molecule is CCCCC(CN)Nc1ccc(C(=O)NC)cc1[N+](=O)[O-]. The minimum atomic E-state index is -0.498. The van der Waals surface area contributed by atoms with Crippen molar-refractivity contribution in [3.8, 4) is 0 Å². The molecule has 4 N–H and O–H groups in total. The van der Waals surface area contributed by atoms with Crippen LogP contribution in [-0.4, -0.2) is 30.5 Å². The molecule has 21 heavy (non-hydrogen) atoms. The molecule has 1 amide bonds. The van der Waals surface area contributed by atoms with Crippen LogP contribution < -0.4 is 16.4 Å². The zero-order chi connectivity index (χ0) is 15.8. The van der Waals surface area contributed by atoms with Crippen molar-refractivity contribution in [2.75, 3.05) is 18.9 Å². The third-order valence-electron chi connectivity index (χ3n) is 3.23. The fourth-order valence-corrected chi connectivity index (χ4v) is 2.01. The quantitative estimate of drug-likeness (QED) is 0.501. The van der Waals surface area contributed by atoms with Gasteiger partial charge in [-0.1, -0.05) is 19.8 Å². The van der Waals surface area contributed by atoms with Crippen LogP contribution >= 0.6 is 0 Å². The normalized spacial score (nSPS) is 11.8. The van der Waals surface area contributed by atoms with E-state index < -0.39 is 4.92 Å². The average molecular weight is 294 g/mol. The van der Waals surface area contributed by atoms with Gasteiger partial charge in [0.25, 0.3) is 11.6 Å². The van der Waals surface area contributed by atoms with Crippen LogP contribution in [0.15, 0.2) is 18.2 Å². The number of rotatable bonds is 8. The molecule has 7 heteroatoms. The summed E-state index contributed by atoms with van der Waals surface area (Å²) in [7, 11) is 1.48. The second-order valence-corrected chi connectivity index (χ2v) is 4.79. The molecule has 0 heterocycles. The predicted octanol–water partition coefficient (Wildman–Crippen LogP) is 1.88. The molecule has 0 aromatic heterocycles. The predicted molar refractivity (Wildman–Crippen MR) is 82.5 cm³/mol. The second kappa shape index (κ2) is 8.21. The number of amides is 1. The highest BCUT2D eigenvalue weighted by Gasteiger charge is 2.19. The van der Waals surface area contributed by atoms with Gasteiger partial charge in [0.1, 0.15) is 5.69 Å². The summed E-state index contributed by atoms with van der Waals surface area (Å²) in [6.07, 6.45) is 2.89. The number of nitro benzene ring substituents is 1. The molecule has 1 atom stereocenters. The molecule has 0 aliphatic carbocycles. The maximum atomic E-state index is 11.5. The van der Waals surface area contributed by atoms with Gasteiger partial charge >= 0.3 is 0 Å². The molecule has 0 saturated carbocycles. The fourth-order valence-electron chi connectivity index (χ4n) is 2.01. The van der Waals surface area contributed by atoms with Crippen LogP contribution in [0.3, 0.4) is 0 Å². The summed E-state index contributed by atoms with van der Waals surface area (Å²) < 4.78 is 0. The van der Waals surface area contributed by atoms with Gasteiger partial charge in [-0.25, -0.2) is 0 Å². The smallest absolute Gasteiger partial charge is 0.293 e. The molecule has 1 unspecified atom stereocenters. The summed E-state index contributed by atoms with van der Waals surface area (Å²) in [4.78, 5) is 22.2. The van der Waals surface area contributed by atoms with Crippen LogP contribution in [0.4, 0.5) is 11.4 Å². The number of hydrogen-bond acceptors (Lipinski definition) is 5. The molecular formula is C14H22N4O3. The highest BCUT2D eigenvalue weighted by atomic mass is 16.6. The summed E-state index contributed by atoms with van der Waals surface area (Å²) in [5, 5.41) is 16.7. The van der Waals surface area contributed by atoms with Gasteiger partial charge in [-0.05, 0) is 18.6 Å². The molecule has 0 aliphatic rings. The van der Waals surface area contributed by atoms with E-state index in [0.717, 1.165) is 19.3 Å². The van der Waals surface area contributed by atoms with Crippen molar-refractivity contribution in [1.29, 1.82) is 0 Å². The van der Waals surface area contributed by atoms with Crippen molar-refractivity contribution in [1.82, 2.24) is 5.32 Å². The molecule has 116 valence electrons. The summed E-state index contributed by atoms with van der Waals surface area (Å²) >= 11 is 0. The minimum absolute atomic E-state index is 0.0190. The van der Waals surface area contributed by atoms with Crippen LogP contribution in [-0.2, 0) is 0 Å². The average Bonchev–Trinajstić information content (AvgIpc) is 2.50. The molecule has 0 spiro atoms. The van der Waals surface area contributed by atoms with Gasteiger partial charge in [0, 0.05) is 31.3 Å².